The normalized spacial score (nSPS) is 11.1. The van der Waals surface area contributed by atoms with Crippen LogP contribution in [0.2, 0.25) is 0 Å². The molecule has 0 aliphatic rings. The number of benzene rings is 1. The molecule has 0 unspecified atom stereocenters. The summed E-state index contributed by atoms with van der Waals surface area (Å²) in [5.41, 5.74) is 1.07. The molecule has 3 aromatic rings. The number of aryl methyl sites for hydroxylation is 1. The van der Waals surface area contributed by atoms with Gasteiger partial charge >= 0.3 is 0 Å². The fourth-order valence-electron chi connectivity index (χ4n) is 1.85. The third kappa shape index (κ3) is 2.19. The maximum absolute atomic E-state index is 5.43. The Morgan fingerprint density at radius 1 is 1.16 bits per heavy atom. The van der Waals surface area contributed by atoms with Crippen molar-refractivity contribution >= 4 is 16.3 Å². The van der Waals surface area contributed by atoms with Crippen molar-refractivity contribution in [3.8, 4) is 16.3 Å². The number of hydrogen-bond acceptors (Lipinski definition) is 5. The fourth-order valence-corrected chi connectivity index (χ4v) is 2.72. The highest BCUT2D eigenvalue weighted by molar-refractivity contribution is 7.19. The predicted octanol–water partition coefficient (Wildman–Crippen LogP) is 2.81. The second-order valence-corrected chi connectivity index (χ2v) is 4.98. The maximum Gasteiger partial charge on any atom is 0.234 e. The van der Waals surface area contributed by atoms with Gasteiger partial charge in [-0.2, -0.15) is 9.61 Å². The zero-order chi connectivity index (χ0) is 13.2. The number of nitrogens with zero attached hydrogens (tertiary/aromatic N) is 4. The van der Waals surface area contributed by atoms with Crippen LogP contribution < -0.4 is 4.74 Å². The van der Waals surface area contributed by atoms with Crippen molar-refractivity contribution in [1.82, 2.24) is 19.8 Å². The minimum Gasteiger partial charge on any atom is -0.494 e. The van der Waals surface area contributed by atoms with E-state index in [0.717, 1.165) is 33.5 Å². The Bertz CT molecular complexity index is 686. The molecular formula is C13H14N4OS. The van der Waals surface area contributed by atoms with Crippen LogP contribution in [0.5, 0.6) is 5.75 Å². The Kier molecular flexibility index (Phi) is 3.16. The van der Waals surface area contributed by atoms with E-state index in [1.165, 1.54) is 0 Å². The molecule has 0 aliphatic heterocycles. The molecule has 0 aliphatic carbocycles. The van der Waals surface area contributed by atoms with Crippen LogP contribution in [0.3, 0.4) is 0 Å². The first-order valence-electron chi connectivity index (χ1n) is 6.26. The molecule has 2 aromatic heterocycles. The van der Waals surface area contributed by atoms with Crippen LogP contribution in [0.1, 0.15) is 19.7 Å². The lowest BCUT2D eigenvalue weighted by Gasteiger charge is -2.02. The Labute approximate surface area is 114 Å². The van der Waals surface area contributed by atoms with Crippen LogP contribution in [0, 0.1) is 0 Å². The van der Waals surface area contributed by atoms with Crippen molar-refractivity contribution in [2.75, 3.05) is 6.61 Å². The van der Waals surface area contributed by atoms with Gasteiger partial charge in [0.1, 0.15) is 10.8 Å². The van der Waals surface area contributed by atoms with Gasteiger partial charge in [-0.05, 0) is 31.2 Å². The van der Waals surface area contributed by atoms with E-state index >= 15 is 0 Å². The molecule has 0 atom stereocenters. The van der Waals surface area contributed by atoms with E-state index < -0.39 is 0 Å². The molecule has 0 fully saturated rings. The monoisotopic (exact) mass is 274 g/mol. The molecule has 0 radical (unpaired) electrons. The molecule has 0 bridgehead atoms. The lowest BCUT2D eigenvalue weighted by molar-refractivity contribution is 0.340. The van der Waals surface area contributed by atoms with E-state index in [1.54, 1.807) is 11.3 Å². The largest absolute Gasteiger partial charge is 0.494 e. The van der Waals surface area contributed by atoms with Crippen LogP contribution in [0.4, 0.5) is 0 Å². The molecule has 3 rings (SSSR count). The maximum atomic E-state index is 5.43. The predicted molar refractivity (Wildman–Crippen MR) is 74.6 cm³/mol. The SMILES string of the molecule is CCOc1ccc(-c2nn3c(CC)nnc3s2)cc1. The molecule has 19 heavy (non-hydrogen) atoms. The molecular weight excluding hydrogens is 260 g/mol. The zero-order valence-corrected chi connectivity index (χ0v) is 11.6. The summed E-state index contributed by atoms with van der Waals surface area (Å²) in [5.74, 6) is 1.77. The van der Waals surface area contributed by atoms with Gasteiger partial charge in [-0.25, -0.2) is 0 Å². The third-order valence-corrected chi connectivity index (χ3v) is 3.73. The Hall–Kier alpha value is -1.95. The van der Waals surface area contributed by atoms with Gasteiger partial charge in [0.2, 0.25) is 4.96 Å². The highest BCUT2D eigenvalue weighted by Crippen LogP contribution is 2.27. The molecule has 0 saturated carbocycles. The summed E-state index contributed by atoms with van der Waals surface area (Å²) in [7, 11) is 0. The number of fused-ring (bicyclic) bond motifs is 1. The highest BCUT2D eigenvalue weighted by atomic mass is 32.1. The van der Waals surface area contributed by atoms with Gasteiger partial charge in [0.25, 0.3) is 0 Å². The van der Waals surface area contributed by atoms with E-state index in [-0.39, 0.29) is 0 Å². The van der Waals surface area contributed by atoms with Gasteiger partial charge in [-0.3, -0.25) is 0 Å². The van der Waals surface area contributed by atoms with E-state index in [0.29, 0.717) is 6.61 Å². The first-order valence-corrected chi connectivity index (χ1v) is 7.07. The lowest BCUT2D eigenvalue weighted by Crippen LogP contribution is -1.93. The minimum absolute atomic E-state index is 0.677. The summed E-state index contributed by atoms with van der Waals surface area (Å²) in [6.45, 7) is 4.70. The van der Waals surface area contributed by atoms with Gasteiger partial charge in [-0.15, -0.1) is 10.2 Å². The van der Waals surface area contributed by atoms with Gasteiger partial charge in [0, 0.05) is 12.0 Å². The topological polar surface area (TPSA) is 52.3 Å². The van der Waals surface area contributed by atoms with Crippen molar-refractivity contribution in [1.29, 1.82) is 0 Å². The van der Waals surface area contributed by atoms with E-state index in [1.807, 2.05) is 42.6 Å². The van der Waals surface area contributed by atoms with Crippen LogP contribution in [-0.2, 0) is 6.42 Å². The standard InChI is InChI=1S/C13H14N4OS/c1-3-11-14-15-13-17(11)16-12(19-13)9-5-7-10(8-6-9)18-4-2/h5-8H,3-4H2,1-2H3. The average Bonchev–Trinajstić information content (AvgIpc) is 2.99. The molecule has 0 amide bonds. The van der Waals surface area contributed by atoms with Gasteiger partial charge < -0.3 is 4.74 Å². The van der Waals surface area contributed by atoms with Crippen molar-refractivity contribution in [2.24, 2.45) is 0 Å². The van der Waals surface area contributed by atoms with Crippen LogP contribution in [0.15, 0.2) is 24.3 Å². The van der Waals surface area contributed by atoms with E-state index in [9.17, 15) is 0 Å². The quantitative estimate of drug-likeness (QED) is 0.734. The van der Waals surface area contributed by atoms with E-state index in [2.05, 4.69) is 15.3 Å². The Balaban J connectivity index is 1.96. The van der Waals surface area contributed by atoms with Crippen molar-refractivity contribution in [2.45, 2.75) is 20.3 Å². The van der Waals surface area contributed by atoms with Gasteiger partial charge in [-0.1, -0.05) is 18.3 Å². The second kappa shape index (κ2) is 4.97. The molecule has 0 saturated heterocycles. The molecule has 98 valence electrons. The van der Waals surface area contributed by atoms with Crippen LogP contribution >= 0.6 is 11.3 Å². The van der Waals surface area contributed by atoms with Crippen molar-refractivity contribution in [3.05, 3.63) is 30.1 Å². The summed E-state index contributed by atoms with van der Waals surface area (Å²) in [6, 6.07) is 7.95. The molecule has 5 nitrogen and oxygen atoms in total. The highest BCUT2D eigenvalue weighted by Gasteiger charge is 2.11. The Morgan fingerprint density at radius 3 is 2.63 bits per heavy atom. The summed E-state index contributed by atoms with van der Waals surface area (Å²) in [4.78, 5) is 0.834. The molecule has 1 aromatic carbocycles. The number of aromatic nitrogens is 4. The summed E-state index contributed by atoms with van der Waals surface area (Å²) in [5, 5.41) is 13.7. The van der Waals surface area contributed by atoms with E-state index in [4.69, 9.17) is 4.74 Å². The third-order valence-electron chi connectivity index (χ3n) is 2.78. The van der Waals surface area contributed by atoms with Crippen molar-refractivity contribution < 1.29 is 4.74 Å². The lowest BCUT2D eigenvalue weighted by atomic mass is 10.2. The number of rotatable bonds is 4. The Morgan fingerprint density at radius 2 is 1.95 bits per heavy atom. The number of ether oxygens (including phenoxy) is 1. The summed E-state index contributed by atoms with van der Waals surface area (Å²) < 4.78 is 7.25. The molecule has 0 N–H and O–H groups in total. The summed E-state index contributed by atoms with van der Waals surface area (Å²) >= 11 is 1.54. The second-order valence-electron chi connectivity index (χ2n) is 4.03. The fraction of sp³-hybridized carbons (Fsp3) is 0.308. The van der Waals surface area contributed by atoms with Crippen molar-refractivity contribution in [3.63, 3.8) is 0 Å². The van der Waals surface area contributed by atoms with Crippen LogP contribution in [0.25, 0.3) is 15.5 Å². The first kappa shape index (κ1) is 12.1. The number of hydrogen-bond donors (Lipinski definition) is 0. The minimum atomic E-state index is 0.677. The smallest absolute Gasteiger partial charge is 0.234 e. The first-order chi connectivity index (χ1) is 9.31. The van der Waals surface area contributed by atoms with Gasteiger partial charge in [0.15, 0.2) is 5.82 Å². The van der Waals surface area contributed by atoms with Crippen LogP contribution in [-0.4, -0.2) is 26.4 Å². The van der Waals surface area contributed by atoms with Gasteiger partial charge in [0.05, 0.1) is 6.61 Å². The zero-order valence-electron chi connectivity index (χ0n) is 10.8. The molecule has 0 spiro atoms. The molecule has 6 heteroatoms. The summed E-state index contributed by atoms with van der Waals surface area (Å²) in [6.07, 6.45) is 0.827. The average molecular weight is 274 g/mol. The molecule has 2 heterocycles.